The van der Waals surface area contributed by atoms with E-state index in [4.69, 9.17) is 5.73 Å². The van der Waals surface area contributed by atoms with Gasteiger partial charge in [0.05, 0.1) is 11.6 Å². The van der Waals surface area contributed by atoms with Crippen molar-refractivity contribution in [2.45, 2.75) is 44.0 Å². The van der Waals surface area contributed by atoms with Crippen LogP contribution in [0.2, 0.25) is 0 Å². The number of fused-ring (bicyclic) bond motifs is 3. The fourth-order valence-electron chi connectivity index (χ4n) is 6.22. The molecule has 7 N–H and O–H groups in total. The predicted octanol–water partition coefficient (Wildman–Crippen LogP) is 0.478. The minimum absolute atomic E-state index is 0.00203. The molecule has 3 aliphatic carbocycles. The highest BCUT2D eigenvalue weighted by Gasteiger charge is 2.64. The number of phenolic OH excluding ortho intramolecular Hbond substituents is 1. The minimum atomic E-state index is -2.69. The number of Topliss-reactive ketones (excluding diaryl/α,β-unsaturated/α-hetero) is 2. The first-order valence-corrected chi connectivity index (χ1v) is 12.7. The fourth-order valence-corrected chi connectivity index (χ4v) is 6.22. The van der Waals surface area contributed by atoms with Gasteiger partial charge in [-0.3, -0.25) is 19.3 Å². The number of nitrogens with one attached hydrogen (secondary N) is 1. The molecular weight excluding hydrogens is 511 g/mol. The van der Waals surface area contributed by atoms with Gasteiger partial charge in [-0.25, -0.2) is 4.39 Å². The average molecular weight is 547 g/mol. The van der Waals surface area contributed by atoms with Crippen molar-refractivity contribution in [3.05, 3.63) is 39.7 Å². The number of ketones is 2. The molecule has 212 valence electrons. The van der Waals surface area contributed by atoms with Crippen molar-refractivity contribution in [1.29, 1.82) is 0 Å². The summed E-state index contributed by atoms with van der Waals surface area (Å²) in [5.74, 6) is -6.95. The number of carbonyl (C=O) groups excluding carboxylic acids is 3. The number of rotatable bonds is 7. The molecule has 1 saturated carbocycles. The number of aromatic hydroxyl groups is 1. The molecule has 1 aromatic carbocycles. The Labute approximate surface area is 225 Å². The van der Waals surface area contributed by atoms with E-state index in [1.807, 2.05) is 0 Å². The molecule has 0 spiro atoms. The van der Waals surface area contributed by atoms with Gasteiger partial charge in [0.1, 0.15) is 29.5 Å². The molecule has 3 aliphatic rings. The van der Waals surface area contributed by atoms with Crippen molar-refractivity contribution in [2.24, 2.45) is 17.6 Å². The number of phenols is 1. The van der Waals surface area contributed by atoms with Gasteiger partial charge in [0.15, 0.2) is 11.4 Å². The second-order valence-electron chi connectivity index (χ2n) is 11.0. The standard InChI is InChI=1S/C27H35FN4O7/c1-11(9-28)30-10-13-8-16(31(2)3)14-6-12-7-15-20(32(4)5)23(35)19(26(29)38)25(37)27(15,39)24(36)17(12)22(34)18(14)21(13)33/h8,11-12,15,20,30,33-34,37,39H,6-7,9-10H2,1-5H3,(H2,29,38)/t11?,12-,15-,20-,27-/m0/s1. The zero-order valence-corrected chi connectivity index (χ0v) is 22.6. The van der Waals surface area contributed by atoms with Crippen molar-refractivity contribution in [3.8, 4) is 5.75 Å². The van der Waals surface area contributed by atoms with Crippen molar-refractivity contribution in [1.82, 2.24) is 10.2 Å². The number of aliphatic hydroxyl groups is 3. The van der Waals surface area contributed by atoms with Crippen molar-refractivity contribution >= 4 is 28.9 Å². The molecule has 1 fully saturated rings. The quantitative estimate of drug-likeness (QED) is 0.264. The van der Waals surface area contributed by atoms with E-state index in [1.54, 1.807) is 46.1 Å². The maximum absolute atomic E-state index is 14.0. The Morgan fingerprint density at radius 3 is 2.41 bits per heavy atom. The summed E-state index contributed by atoms with van der Waals surface area (Å²) in [5.41, 5.74) is 3.17. The highest BCUT2D eigenvalue weighted by atomic mass is 19.1. The molecule has 12 heteroatoms. The lowest BCUT2D eigenvalue weighted by molar-refractivity contribution is -0.153. The summed E-state index contributed by atoms with van der Waals surface area (Å²) in [6.45, 7) is 1.09. The van der Waals surface area contributed by atoms with Crippen LogP contribution in [-0.4, -0.2) is 95.3 Å². The van der Waals surface area contributed by atoms with E-state index in [9.17, 15) is 39.2 Å². The van der Waals surface area contributed by atoms with Crippen LogP contribution in [0.5, 0.6) is 5.75 Å². The lowest BCUT2D eigenvalue weighted by atomic mass is 9.57. The van der Waals surface area contributed by atoms with Crippen LogP contribution < -0.4 is 16.0 Å². The Bertz CT molecular complexity index is 1320. The molecule has 39 heavy (non-hydrogen) atoms. The molecule has 0 radical (unpaired) electrons. The van der Waals surface area contributed by atoms with Gasteiger partial charge in [-0.2, -0.15) is 0 Å². The molecule has 0 bridgehead atoms. The van der Waals surface area contributed by atoms with Crippen LogP contribution in [0.1, 0.15) is 30.0 Å². The summed E-state index contributed by atoms with van der Waals surface area (Å²) in [6, 6.07) is 0.0971. The third-order valence-corrected chi connectivity index (χ3v) is 8.13. The molecule has 1 aromatic rings. The number of nitrogens with zero attached hydrogens (tertiary/aromatic N) is 2. The van der Waals surface area contributed by atoms with E-state index in [1.165, 1.54) is 4.90 Å². The smallest absolute Gasteiger partial charge is 0.255 e. The van der Waals surface area contributed by atoms with Gasteiger partial charge in [-0.05, 0) is 51.4 Å². The van der Waals surface area contributed by atoms with Crippen LogP contribution in [0.3, 0.4) is 0 Å². The Kier molecular flexibility index (Phi) is 7.26. The Morgan fingerprint density at radius 2 is 1.87 bits per heavy atom. The fraction of sp³-hybridized carbons (Fsp3) is 0.519. The van der Waals surface area contributed by atoms with Gasteiger partial charge < -0.3 is 36.4 Å². The Hall–Kier alpha value is -3.48. The van der Waals surface area contributed by atoms with E-state index in [2.05, 4.69) is 5.32 Å². The van der Waals surface area contributed by atoms with Gasteiger partial charge in [0.25, 0.3) is 5.91 Å². The minimum Gasteiger partial charge on any atom is -0.508 e. The monoisotopic (exact) mass is 546 g/mol. The average Bonchev–Trinajstić information content (AvgIpc) is 2.84. The van der Waals surface area contributed by atoms with Crippen LogP contribution in [0, 0.1) is 11.8 Å². The molecule has 5 atom stereocenters. The van der Waals surface area contributed by atoms with Gasteiger partial charge in [0.2, 0.25) is 5.78 Å². The van der Waals surface area contributed by atoms with Crippen LogP contribution >= 0.6 is 0 Å². The molecule has 0 saturated heterocycles. The molecule has 11 nitrogen and oxygen atoms in total. The predicted molar refractivity (Wildman–Crippen MR) is 141 cm³/mol. The van der Waals surface area contributed by atoms with E-state index in [-0.39, 0.29) is 36.3 Å². The number of primary amides is 1. The summed E-state index contributed by atoms with van der Waals surface area (Å²) in [6.07, 6.45) is 0.195. The van der Waals surface area contributed by atoms with Gasteiger partial charge >= 0.3 is 0 Å². The summed E-state index contributed by atoms with van der Waals surface area (Å²) in [4.78, 5) is 42.5. The topological polar surface area (TPSA) is 177 Å². The lowest BCUT2D eigenvalue weighted by Gasteiger charge is -2.50. The van der Waals surface area contributed by atoms with E-state index in [0.717, 1.165) is 0 Å². The number of hydrogen-bond donors (Lipinski definition) is 6. The maximum Gasteiger partial charge on any atom is 0.255 e. The van der Waals surface area contributed by atoms with E-state index < -0.39 is 70.8 Å². The van der Waals surface area contributed by atoms with Gasteiger partial charge in [0, 0.05) is 49.4 Å². The largest absolute Gasteiger partial charge is 0.508 e. The number of anilines is 1. The van der Waals surface area contributed by atoms with Crippen LogP contribution in [-0.2, 0) is 27.3 Å². The summed E-state index contributed by atoms with van der Waals surface area (Å²) >= 11 is 0. The second kappa shape index (κ2) is 9.92. The number of benzene rings is 1. The number of alkyl halides is 1. The van der Waals surface area contributed by atoms with E-state index >= 15 is 0 Å². The normalized spacial score (nSPS) is 27.3. The maximum atomic E-state index is 14.0. The van der Waals surface area contributed by atoms with Gasteiger partial charge in [-0.1, -0.05) is 0 Å². The van der Waals surface area contributed by atoms with Crippen molar-refractivity contribution < 1.29 is 39.2 Å². The highest BCUT2D eigenvalue weighted by Crippen LogP contribution is 2.54. The van der Waals surface area contributed by atoms with Crippen LogP contribution in [0.15, 0.2) is 23.0 Å². The Morgan fingerprint density at radius 1 is 1.23 bits per heavy atom. The molecule has 1 amide bonds. The molecular formula is C27H35FN4O7. The van der Waals surface area contributed by atoms with E-state index in [0.29, 0.717) is 16.8 Å². The second-order valence-corrected chi connectivity index (χ2v) is 11.0. The van der Waals surface area contributed by atoms with Crippen LogP contribution in [0.25, 0.3) is 5.76 Å². The number of likely N-dealkylation sites (N-methyl/N-ethyl adjacent to an activating group) is 1. The summed E-state index contributed by atoms with van der Waals surface area (Å²) in [7, 11) is 6.67. The zero-order chi connectivity index (χ0) is 29.1. The SMILES string of the molecule is CC(CF)NCc1cc(N(C)C)c2c(c1O)C(O)=C1C(=O)[C@]3(O)C(O)=C(C(N)=O)C(=O)[C@@H](N(C)C)[C@@H]3C[C@@H]1C2. The highest BCUT2D eigenvalue weighted by molar-refractivity contribution is 6.24. The molecule has 0 heterocycles. The van der Waals surface area contributed by atoms with Gasteiger partial charge in [-0.15, -0.1) is 0 Å². The summed E-state index contributed by atoms with van der Waals surface area (Å²) in [5, 5.41) is 48.3. The first kappa shape index (κ1) is 28.5. The first-order chi connectivity index (χ1) is 18.2. The van der Waals surface area contributed by atoms with Crippen LogP contribution in [0.4, 0.5) is 10.1 Å². The number of hydrogen-bond acceptors (Lipinski definition) is 10. The van der Waals surface area contributed by atoms with Crippen molar-refractivity contribution in [3.63, 3.8) is 0 Å². The first-order valence-electron chi connectivity index (χ1n) is 12.7. The Balaban J connectivity index is 1.94. The number of halogens is 1. The number of amides is 1. The van der Waals surface area contributed by atoms with Crippen molar-refractivity contribution in [2.75, 3.05) is 39.8 Å². The molecule has 1 unspecified atom stereocenters. The number of aliphatic hydroxyl groups excluding tert-OH is 2. The number of nitrogens with two attached hydrogens (primary N) is 1. The lowest BCUT2D eigenvalue weighted by Crippen LogP contribution is -2.65. The number of carbonyl (C=O) groups is 3. The molecule has 0 aliphatic heterocycles. The molecule has 4 rings (SSSR count). The third-order valence-electron chi connectivity index (χ3n) is 8.13. The summed E-state index contributed by atoms with van der Waals surface area (Å²) < 4.78 is 13.0. The zero-order valence-electron chi connectivity index (χ0n) is 22.6. The third kappa shape index (κ3) is 4.17. The molecule has 0 aromatic heterocycles.